The molecule has 2 N–H and O–H groups in total. The highest BCUT2D eigenvalue weighted by molar-refractivity contribution is 7.80. The number of alkyl carbamates (subject to hydrolysis) is 1. The van der Waals surface area contributed by atoms with Gasteiger partial charge in [0.15, 0.2) is 0 Å². The van der Waals surface area contributed by atoms with Crippen LogP contribution in [0.15, 0.2) is 24.3 Å². The molecule has 0 aromatic heterocycles. The molecule has 9 nitrogen and oxygen atoms in total. The van der Waals surface area contributed by atoms with Gasteiger partial charge in [0.25, 0.3) is 0 Å². The number of carbonyl (C=O) groups excluding carboxylic acids is 4. The molecular weight excluding hydrogens is 494 g/mol. The molecule has 0 saturated heterocycles. The monoisotopic (exact) mass is 537 g/mol. The number of esters is 1. The predicted molar refractivity (Wildman–Crippen MR) is 146 cm³/mol. The molecule has 0 bridgehead atoms. The fourth-order valence-corrected chi connectivity index (χ4v) is 4.01. The maximum absolute atomic E-state index is 14.0. The van der Waals surface area contributed by atoms with Crippen LogP contribution >= 0.6 is 12.6 Å². The van der Waals surface area contributed by atoms with E-state index < -0.39 is 41.6 Å². The Morgan fingerprint density at radius 1 is 1.05 bits per heavy atom. The van der Waals surface area contributed by atoms with Crippen molar-refractivity contribution in [3.05, 3.63) is 35.4 Å². The number of aryl methyl sites for hydroxylation is 1. The molecule has 3 atom stereocenters. The summed E-state index contributed by atoms with van der Waals surface area (Å²) in [6, 6.07) is 4.81. The van der Waals surface area contributed by atoms with E-state index >= 15 is 0 Å². The fourth-order valence-electron chi connectivity index (χ4n) is 3.77. The quantitative estimate of drug-likeness (QED) is 0.276. The van der Waals surface area contributed by atoms with Crippen LogP contribution in [0.2, 0.25) is 0 Å². The second-order valence-corrected chi connectivity index (χ2v) is 10.9. The Morgan fingerprint density at radius 2 is 1.68 bits per heavy atom. The number of hydrogen-bond acceptors (Lipinski definition) is 7. The summed E-state index contributed by atoms with van der Waals surface area (Å²) >= 11 is 4.32. The third kappa shape index (κ3) is 10.6. The lowest BCUT2D eigenvalue weighted by atomic mass is 9.95. The summed E-state index contributed by atoms with van der Waals surface area (Å²) in [6.07, 6.45) is 0.694. The van der Waals surface area contributed by atoms with Crippen LogP contribution in [-0.4, -0.2) is 65.9 Å². The first-order valence-electron chi connectivity index (χ1n) is 12.5. The van der Waals surface area contributed by atoms with Crippen molar-refractivity contribution in [2.24, 2.45) is 5.92 Å². The average molecular weight is 538 g/mol. The Hall–Kier alpha value is -2.75. The number of amides is 3. The minimum Gasteiger partial charge on any atom is -0.468 e. The average Bonchev–Trinajstić information content (AvgIpc) is 2.81. The molecule has 0 aliphatic heterocycles. The topological polar surface area (TPSA) is 114 Å². The first kappa shape index (κ1) is 32.3. The van der Waals surface area contributed by atoms with E-state index in [-0.39, 0.29) is 18.3 Å². The fraction of sp³-hybridized carbons (Fsp3) is 0.630. The molecule has 0 spiro atoms. The van der Waals surface area contributed by atoms with Gasteiger partial charge in [0, 0.05) is 11.8 Å². The summed E-state index contributed by atoms with van der Waals surface area (Å²) < 4.78 is 10.0. The Kier molecular flexibility index (Phi) is 13.0. The summed E-state index contributed by atoms with van der Waals surface area (Å²) in [4.78, 5) is 53.4. The molecule has 1 rings (SSSR count). The molecule has 37 heavy (non-hydrogen) atoms. The molecule has 0 radical (unpaired) electrons. The van der Waals surface area contributed by atoms with Gasteiger partial charge in [-0.05, 0) is 64.5 Å². The van der Waals surface area contributed by atoms with Crippen molar-refractivity contribution in [2.75, 3.05) is 19.4 Å². The molecule has 1 aromatic carbocycles. The SMILES string of the molecule is COC(=O)CNC(=O)C(c1ccccc1C)N(C(=O)C(CS)NC(=O)OC(C)(C)C)C(C)CCC(C)C. The number of thiol groups is 1. The molecule has 1 aromatic rings. The van der Waals surface area contributed by atoms with Gasteiger partial charge < -0.3 is 25.0 Å². The van der Waals surface area contributed by atoms with Gasteiger partial charge in [-0.2, -0.15) is 12.6 Å². The molecule has 0 aliphatic rings. The van der Waals surface area contributed by atoms with E-state index in [0.29, 0.717) is 17.9 Å². The van der Waals surface area contributed by atoms with E-state index in [9.17, 15) is 19.2 Å². The zero-order valence-corrected chi connectivity index (χ0v) is 24.2. The van der Waals surface area contributed by atoms with Crippen LogP contribution in [0, 0.1) is 12.8 Å². The number of ether oxygens (including phenoxy) is 2. The van der Waals surface area contributed by atoms with Crippen molar-refractivity contribution < 1.29 is 28.7 Å². The van der Waals surface area contributed by atoms with E-state index in [1.54, 1.807) is 32.9 Å². The minimum atomic E-state index is -1.05. The lowest BCUT2D eigenvalue weighted by molar-refractivity contribution is -0.146. The Morgan fingerprint density at radius 3 is 2.19 bits per heavy atom. The van der Waals surface area contributed by atoms with Crippen molar-refractivity contribution in [2.45, 2.75) is 85.0 Å². The molecule has 3 amide bonds. The zero-order chi connectivity index (χ0) is 28.3. The van der Waals surface area contributed by atoms with E-state index in [4.69, 9.17) is 4.74 Å². The van der Waals surface area contributed by atoms with Gasteiger partial charge in [0.05, 0.1) is 7.11 Å². The van der Waals surface area contributed by atoms with Crippen molar-refractivity contribution in [3.63, 3.8) is 0 Å². The van der Waals surface area contributed by atoms with Gasteiger partial charge in [0.2, 0.25) is 11.8 Å². The van der Waals surface area contributed by atoms with Crippen LogP contribution in [0.1, 0.15) is 71.6 Å². The number of benzene rings is 1. The van der Waals surface area contributed by atoms with Crippen LogP contribution in [0.3, 0.4) is 0 Å². The standard InChI is InChI=1S/C27H43N3O6S/c1-17(2)13-14-19(4)30(25(33)21(16-37)29-26(34)36-27(5,6)7)23(20-12-10-9-11-18(20)3)24(32)28-15-22(31)35-8/h9-12,17,19,21,23,37H,13-16H2,1-8H3,(H,28,32)(H,29,34). The van der Waals surface area contributed by atoms with E-state index in [1.807, 2.05) is 26.0 Å². The number of carbonyl (C=O) groups is 4. The Balaban J connectivity index is 3.53. The summed E-state index contributed by atoms with van der Waals surface area (Å²) in [5, 5.41) is 5.21. The van der Waals surface area contributed by atoms with E-state index in [2.05, 4.69) is 41.8 Å². The van der Waals surface area contributed by atoms with Crippen LogP contribution in [-0.2, 0) is 23.9 Å². The maximum atomic E-state index is 14.0. The number of hydrogen-bond donors (Lipinski definition) is 3. The molecule has 10 heteroatoms. The van der Waals surface area contributed by atoms with Gasteiger partial charge in [-0.1, -0.05) is 38.1 Å². The Labute approximate surface area is 226 Å². The second kappa shape index (κ2) is 14.9. The Bertz CT molecular complexity index is 931. The first-order valence-corrected chi connectivity index (χ1v) is 13.2. The van der Waals surface area contributed by atoms with Crippen LogP contribution in [0.25, 0.3) is 0 Å². The molecule has 0 aliphatic carbocycles. The maximum Gasteiger partial charge on any atom is 0.408 e. The van der Waals surface area contributed by atoms with E-state index in [0.717, 1.165) is 12.0 Å². The zero-order valence-electron chi connectivity index (χ0n) is 23.3. The molecule has 0 fully saturated rings. The summed E-state index contributed by atoms with van der Waals surface area (Å²) in [6.45, 7) is 12.7. The minimum absolute atomic E-state index is 0.00422. The van der Waals surface area contributed by atoms with Gasteiger partial charge in [-0.25, -0.2) is 4.79 Å². The first-order chi connectivity index (χ1) is 17.2. The third-order valence-electron chi connectivity index (χ3n) is 5.71. The lowest BCUT2D eigenvalue weighted by Crippen LogP contribution is -2.56. The second-order valence-electron chi connectivity index (χ2n) is 10.5. The smallest absolute Gasteiger partial charge is 0.408 e. The van der Waals surface area contributed by atoms with Crippen molar-refractivity contribution >= 4 is 36.5 Å². The van der Waals surface area contributed by atoms with Crippen molar-refractivity contribution in [1.29, 1.82) is 0 Å². The summed E-state index contributed by atoms with van der Waals surface area (Å²) in [7, 11) is 1.23. The van der Waals surface area contributed by atoms with Gasteiger partial charge >= 0.3 is 12.1 Å². The van der Waals surface area contributed by atoms with Crippen LogP contribution in [0.5, 0.6) is 0 Å². The van der Waals surface area contributed by atoms with Gasteiger partial charge in [-0.3, -0.25) is 14.4 Å². The molecule has 0 heterocycles. The molecule has 208 valence electrons. The van der Waals surface area contributed by atoms with Crippen LogP contribution in [0.4, 0.5) is 4.79 Å². The molecule has 0 saturated carbocycles. The van der Waals surface area contributed by atoms with Crippen LogP contribution < -0.4 is 10.6 Å². The highest BCUT2D eigenvalue weighted by Crippen LogP contribution is 2.29. The summed E-state index contributed by atoms with van der Waals surface area (Å²) in [5.74, 6) is -1.24. The highest BCUT2D eigenvalue weighted by atomic mass is 32.1. The van der Waals surface area contributed by atoms with Gasteiger partial charge in [-0.15, -0.1) is 0 Å². The normalized spacial score (nSPS) is 13.8. The van der Waals surface area contributed by atoms with Crippen molar-refractivity contribution in [3.8, 4) is 0 Å². The molecular formula is C27H43N3O6S. The predicted octanol–water partition coefficient (Wildman–Crippen LogP) is 3.80. The lowest BCUT2D eigenvalue weighted by Gasteiger charge is -2.39. The largest absolute Gasteiger partial charge is 0.468 e. The number of rotatable bonds is 12. The number of nitrogens with zero attached hydrogens (tertiary/aromatic N) is 1. The highest BCUT2D eigenvalue weighted by Gasteiger charge is 2.39. The third-order valence-corrected chi connectivity index (χ3v) is 6.07. The van der Waals surface area contributed by atoms with Gasteiger partial charge in [0.1, 0.15) is 24.2 Å². The molecule has 3 unspecified atom stereocenters. The number of nitrogens with one attached hydrogen (secondary N) is 2. The van der Waals surface area contributed by atoms with Crippen molar-refractivity contribution in [1.82, 2.24) is 15.5 Å². The number of methoxy groups -OCH3 is 1. The summed E-state index contributed by atoms with van der Waals surface area (Å²) in [5.41, 5.74) is 0.664. The van der Waals surface area contributed by atoms with E-state index in [1.165, 1.54) is 12.0 Å².